The summed E-state index contributed by atoms with van der Waals surface area (Å²) in [5, 5.41) is 8.92. The normalized spacial score (nSPS) is 15.4. The molecule has 0 radical (unpaired) electrons. The second-order valence-electron chi connectivity index (χ2n) is 3.68. The first-order valence-electron chi connectivity index (χ1n) is 5.07. The molecule has 2 aromatic rings. The zero-order chi connectivity index (χ0) is 12.8. The zero-order valence-corrected chi connectivity index (χ0v) is 8.91. The van der Waals surface area contributed by atoms with Crippen molar-refractivity contribution in [1.29, 1.82) is 5.26 Å². The van der Waals surface area contributed by atoms with E-state index < -0.39 is 6.29 Å². The molecule has 1 aromatic carbocycles. The van der Waals surface area contributed by atoms with Crippen molar-refractivity contribution in [1.82, 2.24) is 4.98 Å². The predicted octanol–water partition coefficient (Wildman–Crippen LogP) is 2.87. The molecule has 0 fully saturated rings. The van der Waals surface area contributed by atoms with Crippen molar-refractivity contribution < 1.29 is 18.3 Å². The summed E-state index contributed by atoms with van der Waals surface area (Å²) in [6, 6.07) is 8.11. The molecule has 1 N–H and O–H groups in total. The lowest BCUT2D eigenvalue weighted by Gasteiger charge is -2.06. The summed E-state index contributed by atoms with van der Waals surface area (Å²) in [6.07, 6.45) is -2.11. The molecule has 90 valence electrons. The van der Waals surface area contributed by atoms with Gasteiger partial charge in [0.1, 0.15) is 11.8 Å². The fraction of sp³-hybridized carbons (Fsp3) is 0.0833. The number of nitriles is 1. The molecule has 1 aliphatic rings. The summed E-state index contributed by atoms with van der Waals surface area (Å²) in [7, 11) is 0. The summed E-state index contributed by atoms with van der Waals surface area (Å²) in [5.74, 6) is -0.0961. The summed E-state index contributed by atoms with van der Waals surface area (Å²) in [5.41, 5.74) is 1.17. The predicted molar refractivity (Wildman–Crippen MR) is 57.1 cm³/mol. The van der Waals surface area contributed by atoms with Crippen LogP contribution in [0.4, 0.5) is 8.78 Å². The minimum absolute atomic E-state index is 0.0393. The number of hydrogen-bond donors (Lipinski definition) is 1. The van der Waals surface area contributed by atoms with E-state index in [0.29, 0.717) is 11.1 Å². The lowest BCUT2D eigenvalue weighted by molar-refractivity contribution is -0.286. The molecule has 0 bridgehead atoms. The molecule has 0 saturated heterocycles. The molecular weight excluding hydrogens is 242 g/mol. The van der Waals surface area contributed by atoms with E-state index in [-0.39, 0.29) is 17.2 Å². The number of aromatic amines is 1. The van der Waals surface area contributed by atoms with Crippen LogP contribution in [0.15, 0.2) is 30.5 Å². The van der Waals surface area contributed by atoms with Crippen LogP contribution < -0.4 is 9.47 Å². The van der Waals surface area contributed by atoms with Gasteiger partial charge in [0, 0.05) is 17.3 Å². The molecule has 1 aromatic heterocycles. The van der Waals surface area contributed by atoms with Gasteiger partial charge >= 0.3 is 6.29 Å². The molecule has 2 heterocycles. The highest BCUT2D eigenvalue weighted by Crippen LogP contribution is 2.47. The number of H-pyrrole nitrogens is 1. The van der Waals surface area contributed by atoms with Gasteiger partial charge in [-0.25, -0.2) is 0 Å². The van der Waals surface area contributed by atoms with Crippen LogP contribution in [-0.4, -0.2) is 11.3 Å². The topological polar surface area (TPSA) is 58.0 Å². The van der Waals surface area contributed by atoms with Gasteiger partial charge in [0.05, 0.1) is 0 Å². The van der Waals surface area contributed by atoms with Crippen molar-refractivity contribution in [3.05, 3.63) is 36.2 Å². The third kappa shape index (κ3) is 1.49. The quantitative estimate of drug-likeness (QED) is 0.844. The maximum absolute atomic E-state index is 13.0. The Balaban J connectivity index is 2.17. The van der Waals surface area contributed by atoms with Crippen molar-refractivity contribution in [2.75, 3.05) is 0 Å². The van der Waals surface area contributed by atoms with Crippen LogP contribution in [0.5, 0.6) is 11.5 Å². The minimum Gasteiger partial charge on any atom is -0.395 e. The van der Waals surface area contributed by atoms with Gasteiger partial charge in [-0.1, -0.05) is 12.1 Å². The Kier molecular flexibility index (Phi) is 2.04. The number of hydrogen-bond acceptors (Lipinski definition) is 3. The van der Waals surface area contributed by atoms with E-state index in [9.17, 15) is 8.78 Å². The molecule has 0 saturated carbocycles. The zero-order valence-electron chi connectivity index (χ0n) is 8.91. The third-order valence-electron chi connectivity index (χ3n) is 2.58. The number of fused-ring (bicyclic) bond motifs is 1. The minimum atomic E-state index is -3.67. The van der Waals surface area contributed by atoms with Gasteiger partial charge in [0.15, 0.2) is 11.5 Å². The van der Waals surface area contributed by atoms with Crippen LogP contribution in [0.2, 0.25) is 0 Å². The standard InChI is InChI=1S/C12H6F2N2O2/c13-12(14)17-10-3-1-2-8(11(10)18-12)7-4-5-16-9(7)6-15/h1-5,16H. The number of nitrogens with zero attached hydrogens (tertiary/aromatic N) is 1. The summed E-state index contributed by atoms with van der Waals surface area (Å²) >= 11 is 0. The molecule has 1 aliphatic heterocycles. The number of benzene rings is 1. The van der Waals surface area contributed by atoms with E-state index in [1.807, 2.05) is 6.07 Å². The lowest BCUT2D eigenvalue weighted by atomic mass is 10.0. The first-order chi connectivity index (χ1) is 8.61. The second kappa shape index (κ2) is 3.47. The summed E-state index contributed by atoms with van der Waals surface area (Å²) in [6.45, 7) is 0. The first-order valence-corrected chi connectivity index (χ1v) is 5.07. The smallest absolute Gasteiger partial charge is 0.395 e. The highest BCUT2D eigenvalue weighted by atomic mass is 19.3. The Morgan fingerprint density at radius 3 is 2.78 bits per heavy atom. The van der Waals surface area contributed by atoms with Crippen LogP contribution in [0.1, 0.15) is 5.69 Å². The number of rotatable bonds is 1. The van der Waals surface area contributed by atoms with Crippen molar-refractivity contribution >= 4 is 0 Å². The fourth-order valence-corrected chi connectivity index (χ4v) is 1.87. The number of nitrogens with one attached hydrogen (secondary N) is 1. The number of aromatic nitrogens is 1. The number of para-hydroxylation sites is 1. The monoisotopic (exact) mass is 248 g/mol. The van der Waals surface area contributed by atoms with E-state index >= 15 is 0 Å². The SMILES string of the molecule is N#Cc1[nH]ccc1-c1cccc2c1OC(F)(F)O2. The summed E-state index contributed by atoms with van der Waals surface area (Å²) in [4.78, 5) is 2.72. The maximum atomic E-state index is 13.0. The average Bonchev–Trinajstić information content (AvgIpc) is 2.89. The number of alkyl halides is 2. The maximum Gasteiger partial charge on any atom is 0.586 e. The van der Waals surface area contributed by atoms with Crippen LogP contribution in [0.3, 0.4) is 0 Å². The van der Waals surface area contributed by atoms with Crippen molar-refractivity contribution in [3.8, 4) is 28.7 Å². The first kappa shape index (κ1) is 10.6. The molecule has 0 spiro atoms. The van der Waals surface area contributed by atoms with E-state index in [2.05, 4.69) is 14.5 Å². The van der Waals surface area contributed by atoms with Crippen molar-refractivity contribution in [3.63, 3.8) is 0 Å². The molecule has 3 rings (SSSR count). The molecule has 6 heteroatoms. The Bertz CT molecular complexity index is 658. The Labute approximate surface area is 100 Å². The van der Waals surface area contributed by atoms with E-state index in [1.165, 1.54) is 6.07 Å². The van der Waals surface area contributed by atoms with Crippen LogP contribution in [0.25, 0.3) is 11.1 Å². The van der Waals surface area contributed by atoms with Crippen LogP contribution in [0, 0.1) is 11.3 Å². The van der Waals surface area contributed by atoms with Gasteiger partial charge in [0.2, 0.25) is 0 Å². The lowest BCUT2D eigenvalue weighted by Crippen LogP contribution is -2.26. The third-order valence-corrected chi connectivity index (χ3v) is 2.58. The molecule has 4 nitrogen and oxygen atoms in total. The van der Waals surface area contributed by atoms with Crippen molar-refractivity contribution in [2.24, 2.45) is 0 Å². The molecule has 18 heavy (non-hydrogen) atoms. The molecule has 0 atom stereocenters. The van der Waals surface area contributed by atoms with Gasteiger partial charge < -0.3 is 14.5 Å². The van der Waals surface area contributed by atoms with Gasteiger partial charge in [0.25, 0.3) is 0 Å². The van der Waals surface area contributed by atoms with Gasteiger partial charge in [-0.3, -0.25) is 0 Å². The van der Waals surface area contributed by atoms with Crippen molar-refractivity contribution in [2.45, 2.75) is 6.29 Å². The Morgan fingerprint density at radius 1 is 1.17 bits per heavy atom. The number of halogens is 2. The van der Waals surface area contributed by atoms with E-state index in [4.69, 9.17) is 5.26 Å². The molecule has 0 unspecified atom stereocenters. The second-order valence-corrected chi connectivity index (χ2v) is 3.68. The number of ether oxygens (including phenoxy) is 2. The van der Waals surface area contributed by atoms with Gasteiger partial charge in [-0.15, -0.1) is 8.78 Å². The molecule has 0 aliphatic carbocycles. The van der Waals surface area contributed by atoms with Crippen LogP contribution in [-0.2, 0) is 0 Å². The van der Waals surface area contributed by atoms with Gasteiger partial charge in [-0.2, -0.15) is 5.26 Å². The highest BCUT2D eigenvalue weighted by molar-refractivity contribution is 5.77. The van der Waals surface area contributed by atoms with Crippen LogP contribution >= 0.6 is 0 Å². The fourth-order valence-electron chi connectivity index (χ4n) is 1.87. The average molecular weight is 248 g/mol. The Morgan fingerprint density at radius 2 is 2.00 bits per heavy atom. The molecular formula is C12H6F2N2O2. The summed E-state index contributed by atoms with van der Waals surface area (Å²) < 4.78 is 34.9. The highest BCUT2D eigenvalue weighted by Gasteiger charge is 2.44. The van der Waals surface area contributed by atoms with E-state index in [0.717, 1.165) is 0 Å². The Hall–Kier alpha value is -2.55. The molecule has 0 amide bonds. The van der Waals surface area contributed by atoms with E-state index in [1.54, 1.807) is 24.4 Å². The largest absolute Gasteiger partial charge is 0.586 e. The van der Waals surface area contributed by atoms with Gasteiger partial charge in [-0.05, 0) is 12.1 Å².